The monoisotopic (exact) mass is 463 g/mol. The lowest BCUT2D eigenvalue weighted by molar-refractivity contribution is -0.141. The van der Waals surface area contributed by atoms with Gasteiger partial charge in [-0.25, -0.2) is 4.79 Å². The van der Waals surface area contributed by atoms with Crippen LogP contribution in [0.3, 0.4) is 0 Å². The second kappa shape index (κ2) is 8.91. The van der Waals surface area contributed by atoms with Crippen molar-refractivity contribution in [3.63, 3.8) is 0 Å². The first-order valence-corrected chi connectivity index (χ1v) is 11.2. The quantitative estimate of drug-likeness (QED) is 0.497. The molecule has 0 saturated carbocycles. The highest BCUT2D eigenvalue weighted by Crippen LogP contribution is 2.52. The fourth-order valence-corrected chi connectivity index (χ4v) is 5.07. The fraction of sp³-hybridized carbons (Fsp3) is 0.259. The van der Waals surface area contributed by atoms with Crippen LogP contribution in [0.5, 0.6) is 5.75 Å². The van der Waals surface area contributed by atoms with Gasteiger partial charge in [-0.15, -0.1) is 0 Å². The summed E-state index contributed by atoms with van der Waals surface area (Å²) in [5.41, 5.74) is 2.45. The molecule has 0 aliphatic carbocycles. The Kier molecular flexibility index (Phi) is 6.17. The van der Waals surface area contributed by atoms with Crippen molar-refractivity contribution < 1.29 is 19.4 Å². The van der Waals surface area contributed by atoms with Gasteiger partial charge in [-0.05, 0) is 47.2 Å². The average molecular weight is 464 g/mol. The van der Waals surface area contributed by atoms with E-state index in [4.69, 9.17) is 16.3 Å². The molecule has 1 fully saturated rings. The molecule has 6 heteroatoms. The van der Waals surface area contributed by atoms with Crippen molar-refractivity contribution in [1.29, 1.82) is 0 Å². The molecule has 2 atom stereocenters. The van der Waals surface area contributed by atoms with Crippen LogP contribution in [0.2, 0.25) is 5.02 Å². The van der Waals surface area contributed by atoms with Crippen LogP contribution in [0.4, 0.5) is 0 Å². The van der Waals surface area contributed by atoms with E-state index in [-0.39, 0.29) is 5.91 Å². The molecule has 1 aliphatic rings. The Morgan fingerprint density at radius 1 is 1.03 bits per heavy atom. The highest BCUT2D eigenvalue weighted by atomic mass is 35.5. The van der Waals surface area contributed by atoms with Gasteiger partial charge in [-0.3, -0.25) is 4.79 Å². The number of nitrogens with zero attached hydrogens (tertiary/aromatic N) is 1. The Balaban J connectivity index is 1.80. The van der Waals surface area contributed by atoms with E-state index in [1.165, 1.54) is 4.90 Å². The molecule has 0 bridgehead atoms. The standard InChI is InChI=1S/C27H26ClNO4/c1-27(2)16-22(26(31)32)29(24(27)20-11-7-8-12-21(20)28)25(30)18-13-14-19(23(15-18)33-3)17-9-5-4-6-10-17/h4-15,22,24H,16H2,1-3H3,(H,31,32)/t22-,24?/m0/s1. The summed E-state index contributed by atoms with van der Waals surface area (Å²) in [5.74, 6) is -0.846. The van der Waals surface area contributed by atoms with Crippen molar-refractivity contribution in [2.24, 2.45) is 5.41 Å². The van der Waals surface area contributed by atoms with Gasteiger partial charge < -0.3 is 14.7 Å². The van der Waals surface area contributed by atoms with Crippen molar-refractivity contribution >= 4 is 23.5 Å². The molecule has 1 saturated heterocycles. The maximum Gasteiger partial charge on any atom is 0.326 e. The van der Waals surface area contributed by atoms with Crippen LogP contribution in [-0.2, 0) is 4.79 Å². The fourth-order valence-electron chi connectivity index (χ4n) is 4.83. The maximum atomic E-state index is 13.8. The summed E-state index contributed by atoms with van der Waals surface area (Å²) >= 11 is 6.51. The van der Waals surface area contributed by atoms with Gasteiger partial charge in [-0.2, -0.15) is 0 Å². The van der Waals surface area contributed by atoms with Gasteiger partial charge in [0.1, 0.15) is 11.8 Å². The van der Waals surface area contributed by atoms with E-state index < -0.39 is 23.5 Å². The third-order valence-electron chi connectivity index (χ3n) is 6.33. The average Bonchev–Trinajstić information content (AvgIpc) is 3.10. The first-order valence-electron chi connectivity index (χ1n) is 10.8. The second-order valence-electron chi connectivity index (χ2n) is 8.96. The molecule has 0 aromatic heterocycles. The molecule has 3 aromatic rings. The Labute approximate surface area is 198 Å². The number of amides is 1. The lowest BCUT2D eigenvalue weighted by Crippen LogP contribution is -2.42. The Hall–Kier alpha value is -3.31. The predicted molar refractivity (Wildman–Crippen MR) is 129 cm³/mol. The number of hydrogen-bond acceptors (Lipinski definition) is 3. The summed E-state index contributed by atoms with van der Waals surface area (Å²) in [6.07, 6.45) is 0.323. The van der Waals surface area contributed by atoms with Crippen molar-refractivity contribution in [2.75, 3.05) is 7.11 Å². The maximum absolute atomic E-state index is 13.8. The second-order valence-corrected chi connectivity index (χ2v) is 9.37. The van der Waals surface area contributed by atoms with Gasteiger partial charge in [0.05, 0.1) is 13.2 Å². The minimum absolute atomic E-state index is 0.323. The molecule has 1 amide bonds. The Morgan fingerprint density at radius 2 is 1.70 bits per heavy atom. The number of carbonyl (C=O) groups excluding carboxylic acids is 1. The number of aliphatic carboxylic acids is 1. The van der Waals surface area contributed by atoms with Gasteiger partial charge in [0, 0.05) is 16.1 Å². The number of carboxylic acids is 1. The van der Waals surface area contributed by atoms with Gasteiger partial charge in [0.25, 0.3) is 5.91 Å². The number of carboxylic acid groups (broad SMARTS) is 1. The first kappa shape index (κ1) is 22.9. The number of methoxy groups -OCH3 is 1. The van der Waals surface area contributed by atoms with Crippen LogP contribution in [0, 0.1) is 5.41 Å². The number of benzene rings is 3. The number of ether oxygens (including phenoxy) is 1. The molecule has 0 spiro atoms. The van der Waals surface area contributed by atoms with E-state index >= 15 is 0 Å². The summed E-state index contributed by atoms with van der Waals surface area (Å²) < 4.78 is 5.59. The summed E-state index contributed by atoms with van der Waals surface area (Å²) in [5, 5.41) is 10.5. The number of hydrogen-bond donors (Lipinski definition) is 1. The van der Waals surface area contributed by atoms with Crippen molar-refractivity contribution in [2.45, 2.75) is 32.4 Å². The molecule has 1 N–H and O–H groups in total. The largest absolute Gasteiger partial charge is 0.496 e. The molecule has 33 heavy (non-hydrogen) atoms. The zero-order valence-electron chi connectivity index (χ0n) is 18.8. The third kappa shape index (κ3) is 4.21. The number of likely N-dealkylation sites (tertiary alicyclic amines) is 1. The van der Waals surface area contributed by atoms with E-state index in [0.717, 1.165) is 16.7 Å². The van der Waals surface area contributed by atoms with E-state index in [1.54, 1.807) is 25.3 Å². The third-order valence-corrected chi connectivity index (χ3v) is 6.67. The molecule has 1 heterocycles. The Bertz CT molecular complexity index is 1190. The van der Waals surface area contributed by atoms with Gasteiger partial charge in [0.2, 0.25) is 0 Å². The lowest BCUT2D eigenvalue weighted by Gasteiger charge is -2.34. The van der Waals surface area contributed by atoms with E-state index in [2.05, 4.69) is 0 Å². The smallest absolute Gasteiger partial charge is 0.326 e. The van der Waals surface area contributed by atoms with Crippen molar-refractivity contribution in [1.82, 2.24) is 4.90 Å². The van der Waals surface area contributed by atoms with Crippen molar-refractivity contribution in [3.8, 4) is 16.9 Å². The lowest BCUT2D eigenvalue weighted by atomic mass is 9.80. The van der Waals surface area contributed by atoms with Gasteiger partial charge in [-0.1, -0.05) is 74.0 Å². The number of halogens is 1. The van der Waals surface area contributed by atoms with Gasteiger partial charge in [0.15, 0.2) is 0 Å². The van der Waals surface area contributed by atoms with Crippen LogP contribution in [0.1, 0.15) is 42.2 Å². The molecule has 0 radical (unpaired) electrons. The minimum atomic E-state index is -1.03. The molecular weight excluding hydrogens is 438 g/mol. The number of rotatable bonds is 5. The van der Waals surface area contributed by atoms with Crippen LogP contribution >= 0.6 is 11.6 Å². The summed E-state index contributed by atoms with van der Waals surface area (Å²) in [4.78, 5) is 27.5. The van der Waals surface area contributed by atoms with E-state index in [9.17, 15) is 14.7 Å². The van der Waals surface area contributed by atoms with E-state index in [1.807, 2.05) is 68.4 Å². The molecule has 1 unspecified atom stereocenters. The molecule has 5 nitrogen and oxygen atoms in total. The normalized spacial score (nSPS) is 19.3. The molecule has 4 rings (SSSR count). The highest BCUT2D eigenvalue weighted by Gasteiger charge is 2.52. The number of carbonyl (C=O) groups is 2. The minimum Gasteiger partial charge on any atom is -0.496 e. The topological polar surface area (TPSA) is 66.8 Å². The first-order chi connectivity index (χ1) is 15.7. The summed E-state index contributed by atoms with van der Waals surface area (Å²) in [6.45, 7) is 3.95. The van der Waals surface area contributed by atoms with Crippen LogP contribution in [-0.4, -0.2) is 35.0 Å². The molecule has 170 valence electrons. The van der Waals surface area contributed by atoms with Crippen LogP contribution in [0.15, 0.2) is 72.8 Å². The Morgan fingerprint density at radius 3 is 2.33 bits per heavy atom. The van der Waals surface area contributed by atoms with Crippen LogP contribution in [0.25, 0.3) is 11.1 Å². The zero-order chi connectivity index (χ0) is 23.8. The van der Waals surface area contributed by atoms with Crippen LogP contribution < -0.4 is 4.74 Å². The molecule has 3 aromatic carbocycles. The summed E-state index contributed by atoms with van der Waals surface area (Å²) in [6, 6.07) is 20.8. The molecular formula is C27H26ClNO4. The van der Waals surface area contributed by atoms with Gasteiger partial charge >= 0.3 is 5.97 Å². The van der Waals surface area contributed by atoms with E-state index in [0.29, 0.717) is 22.8 Å². The molecule has 1 aliphatic heterocycles. The summed E-state index contributed by atoms with van der Waals surface area (Å²) in [7, 11) is 1.56. The highest BCUT2D eigenvalue weighted by molar-refractivity contribution is 6.31. The SMILES string of the molecule is COc1cc(C(=O)N2C(c3ccccc3Cl)C(C)(C)C[C@H]2C(=O)O)ccc1-c1ccccc1. The predicted octanol–water partition coefficient (Wildman–Crippen LogP) is 6.08. The zero-order valence-corrected chi connectivity index (χ0v) is 19.5. The van der Waals surface area contributed by atoms with Crippen molar-refractivity contribution in [3.05, 3.63) is 88.9 Å².